The quantitative estimate of drug-likeness (QED) is 0.801. The number of carbonyl (C=O) groups is 1. The first-order valence-electron chi connectivity index (χ1n) is 8.56. The van der Waals surface area contributed by atoms with E-state index in [1.807, 2.05) is 12.1 Å². The minimum Gasteiger partial charge on any atom is -0.478 e. The lowest BCUT2D eigenvalue weighted by molar-refractivity contribution is 0.0697. The van der Waals surface area contributed by atoms with E-state index in [2.05, 4.69) is 42.6 Å². The monoisotopic (exact) mass is 319 g/mol. The summed E-state index contributed by atoms with van der Waals surface area (Å²) in [7, 11) is 0. The summed E-state index contributed by atoms with van der Waals surface area (Å²) in [5.41, 5.74) is 5.46. The van der Waals surface area contributed by atoms with Crippen LogP contribution in [0, 0.1) is 5.92 Å². The summed E-state index contributed by atoms with van der Waals surface area (Å²) in [5, 5.41) is 12.8. The van der Waals surface area contributed by atoms with E-state index in [0.29, 0.717) is 17.4 Å². The van der Waals surface area contributed by atoms with Gasteiger partial charge in [-0.15, -0.1) is 0 Å². The molecule has 3 atom stereocenters. The summed E-state index contributed by atoms with van der Waals surface area (Å²) in [6.07, 6.45) is 6.72. The number of anilines is 1. The second-order valence-corrected chi connectivity index (χ2v) is 6.68. The fraction of sp³-hybridized carbons (Fsp3) is 0.286. The summed E-state index contributed by atoms with van der Waals surface area (Å²) in [4.78, 5) is 11.1. The molecule has 2 N–H and O–H groups in total. The number of carboxylic acid groups (broad SMARTS) is 1. The number of fused-ring (bicyclic) bond motifs is 3. The van der Waals surface area contributed by atoms with Crippen molar-refractivity contribution >= 4 is 11.7 Å². The summed E-state index contributed by atoms with van der Waals surface area (Å²) in [6.45, 7) is 2.19. The number of rotatable bonds is 3. The van der Waals surface area contributed by atoms with Crippen LogP contribution < -0.4 is 5.32 Å². The number of aryl methyl sites for hydroxylation is 1. The summed E-state index contributed by atoms with van der Waals surface area (Å²) in [5.74, 6) is 0.0492. The van der Waals surface area contributed by atoms with Gasteiger partial charge in [-0.25, -0.2) is 4.79 Å². The lowest BCUT2D eigenvalue weighted by atomic mass is 9.76. The molecule has 24 heavy (non-hydrogen) atoms. The molecule has 0 unspecified atom stereocenters. The molecule has 1 aliphatic carbocycles. The average molecular weight is 319 g/mol. The Labute approximate surface area is 142 Å². The highest BCUT2D eigenvalue weighted by Crippen LogP contribution is 2.49. The maximum Gasteiger partial charge on any atom is 0.335 e. The van der Waals surface area contributed by atoms with Crippen molar-refractivity contribution in [3.05, 3.63) is 76.9 Å². The van der Waals surface area contributed by atoms with Gasteiger partial charge in [-0.3, -0.25) is 0 Å². The Morgan fingerprint density at radius 3 is 2.71 bits per heavy atom. The lowest BCUT2D eigenvalue weighted by Crippen LogP contribution is -2.29. The van der Waals surface area contributed by atoms with Gasteiger partial charge in [0, 0.05) is 11.6 Å². The summed E-state index contributed by atoms with van der Waals surface area (Å²) in [6, 6.07) is 14.2. The number of aromatic carboxylic acids is 1. The van der Waals surface area contributed by atoms with Gasteiger partial charge in [0.05, 0.1) is 11.6 Å². The van der Waals surface area contributed by atoms with Crippen molar-refractivity contribution < 1.29 is 9.90 Å². The van der Waals surface area contributed by atoms with E-state index in [1.165, 1.54) is 16.8 Å². The van der Waals surface area contributed by atoms with Crippen molar-refractivity contribution in [1.82, 2.24) is 0 Å². The van der Waals surface area contributed by atoms with E-state index in [1.54, 1.807) is 12.1 Å². The molecule has 1 aliphatic heterocycles. The second kappa shape index (κ2) is 5.82. The van der Waals surface area contributed by atoms with Crippen molar-refractivity contribution in [2.75, 3.05) is 5.32 Å². The molecule has 4 rings (SSSR count). The van der Waals surface area contributed by atoms with Crippen LogP contribution in [0.5, 0.6) is 0 Å². The molecule has 122 valence electrons. The maximum absolute atomic E-state index is 11.1. The van der Waals surface area contributed by atoms with Crippen LogP contribution in [0.15, 0.2) is 54.6 Å². The Hall–Kier alpha value is -2.55. The van der Waals surface area contributed by atoms with Crippen LogP contribution in [0.25, 0.3) is 0 Å². The molecule has 0 radical (unpaired) electrons. The van der Waals surface area contributed by atoms with Crippen LogP contribution >= 0.6 is 0 Å². The standard InChI is InChI=1S/C21H21NO2/c1-2-13-6-11-19-18(12-13)16-4-3-5-17(16)20(22-19)14-7-9-15(10-8-14)21(23)24/h3-4,6-12,16-17,20,22H,2,5H2,1H3,(H,23,24)/t16-,17-,20+/m1/s1. The molecule has 2 aromatic rings. The molecule has 0 spiro atoms. The van der Waals surface area contributed by atoms with Crippen LogP contribution in [0.2, 0.25) is 0 Å². The third-order valence-electron chi connectivity index (χ3n) is 5.35. The first kappa shape index (κ1) is 15.0. The number of benzene rings is 2. The molecule has 3 heteroatoms. The summed E-state index contributed by atoms with van der Waals surface area (Å²) < 4.78 is 0. The van der Waals surface area contributed by atoms with E-state index < -0.39 is 5.97 Å². The third kappa shape index (κ3) is 2.41. The van der Waals surface area contributed by atoms with E-state index in [0.717, 1.165) is 18.4 Å². The van der Waals surface area contributed by atoms with Gasteiger partial charge in [-0.05, 0) is 53.6 Å². The highest BCUT2D eigenvalue weighted by atomic mass is 16.4. The molecule has 0 saturated heterocycles. The lowest BCUT2D eigenvalue weighted by Gasteiger charge is -2.37. The SMILES string of the molecule is CCc1ccc2c(c1)[C@@H]1C=CC[C@H]1[C@H](c1ccc(C(=O)O)cc1)N2. The number of hydrogen-bond donors (Lipinski definition) is 2. The van der Waals surface area contributed by atoms with Gasteiger partial charge in [-0.1, -0.05) is 43.3 Å². The van der Waals surface area contributed by atoms with Gasteiger partial charge in [0.25, 0.3) is 0 Å². The van der Waals surface area contributed by atoms with Crippen molar-refractivity contribution in [3.63, 3.8) is 0 Å². The van der Waals surface area contributed by atoms with Gasteiger partial charge in [0.1, 0.15) is 0 Å². The van der Waals surface area contributed by atoms with Crippen LogP contribution in [0.3, 0.4) is 0 Å². The second-order valence-electron chi connectivity index (χ2n) is 6.68. The van der Waals surface area contributed by atoms with Crippen LogP contribution in [-0.4, -0.2) is 11.1 Å². The third-order valence-corrected chi connectivity index (χ3v) is 5.35. The zero-order chi connectivity index (χ0) is 16.7. The zero-order valence-corrected chi connectivity index (χ0v) is 13.7. The van der Waals surface area contributed by atoms with Crippen molar-refractivity contribution in [1.29, 1.82) is 0 Å². The highest BCUT2D eigenvalue weighted by molar-refractivity contribution is 5.87. The van der Waals surface area contributed by atoms with Crippen LogP contribution in [0.4, 0.5) is 5.69 Å². The van der Waals surface area contributed by atoms with Crippen molar-refractivity contribution in [3.8, 4) is 0 Å². The fourth-order valence-corrected chi connectivity index (χ4v) is 4.03. The van der Waals surface area contributed by atoms with E-state index in [9.17, 15) is 4.79 Å². The Balaban J connectivity index is 1.71. The Morgan fingerprint density at radius 1 is 1.21 bits per heavy atom. The van der Waals surface area contributed by atoms with Crippen LogP contribution in [0.1, 0.15) is 52.4 Å². The van der Waals surface area contributed by atoms with Gasteiger partial charge >= 0.3 is 5.97 Å². The molecule has 3 nitrogen and oxygen atoms in total. The molecule has 1 heterocycles. The van der Waals surface area contributed by atoms with Gasteiger partial charge in [0.2, 0.25) is 0 Å². The normalized spacial score (nSPS) is 24.1. The van der Waals surface area contributed by atoms with E-state index >= 15 is 0 Å². The van der Waals surface area contributed by atoms with E-state index in [-0.39, 0.29) is 6.04 Å². The molecule has 0 fully saturated rings. The summed E-state index contributed by atoms with van der Waals surface area (Å²) >= 11 is 0. The maximum atomic E-state index is 11.1. The van der Waals surface area contributed by atoms with E-state index in [4.69, 9.17) is 5.11 Å². The minimum atomic E-state index is -0.879. The molecular formula is C21H21NO2. The molecule has 2 aromatic carbocycles. The number of hydrogen-bond acceptors (Lipinski definition) is 2. The van der Waals surface area contributed by atoms with Gasteiger partial charge < -0.3 is 10.4 Å². The predicted octanol–water partition coefficient (Wildman–Crippen LogP) is 4.77. The predicted molar refractivity (Wildman–Crippen MR) is 95.6 cm³/mol. The smallest absolute Gasteiger partial charge is 0.335 e. The highest BCUT2D eigenvalue weighted by Gasteiger charge is 2.37. The van der Waals surface area contributed by atoms with Gasteiger partial charge in [0.15, 0.2) is 0 Å². The molecular weight excluding hydrogens is 298 g/mol. The molecule has 0 aromatic heterocycles. The molecule has 0 amide bonds. The number of carboxylic acids is 1. The first-order valence-corrected chi connectivity index (χ1v) is 8.56. The van der Waals surface area contributed by atoms with Crippen molar-refractivity contribution in [2.24, 2.45) is 5.92 Å². The van der Waals surface area contributed by atoms with Crippen molar-refractivity contribution in [2.45, 2.75) is 31.7 Å². The van der Waals surface area contributed by atoms with Crippen LogP contribution in [-0.2, 0) is 6.42 Å². The Morgan fingerprint density at radius 2 is 2.00 bits per heavy atom. The minimum absolute atomic E-state index is 0.216. The molecule has 0 saturated carbocycles. The molecule has 0 bridgehead atoms. The largest absolute Gasteiger partial charge is 0.478 e. The number of allylic oxidation sites excluding steroid dienone is 2. The Bertz CT molecular complexity index is 807. The fourth-order valence-electron chi connectivity index (χ4n) is 4.03. The molecule has 2 aliphatic rings. The average Bonchev–Trinajstić information content (AvgIpc) is 3.10. The first-order chi connectivity index (χ1) is 11.7. The topological polar surface area (TPSA) is 49.3 Å². The van der Waals surface area contributed by atoms with Gasteiger partial charge in [-0.2, -0.15) is 0 Å². The zero-order valence-electron chi connectivity index (χ0n) is 13.7. The number of nitrogens with one attached hydrogen (secondary N) is 1. The Kier molecular flexibility index (Phi) is 3.64.